The molecule has 1 heterocycles. The third-order valence-corrected chi connectivity index (χ3v) is 6.29. The summed E-state index contributed by atoms with van der Waals surface area (Å²) >= 11 is 5.98. The molecule has 1 unspecified atom stereocenters. The first kappa shape index (κ1) is 16.7. The quantitative estimate of drug-likeness (QED) is 0.903. The molecule has 0 radical (unpaired) electrons. The molecule has 2 rings (SSSR count). The molecule has 6 heteroatoms. The summed E-state index contributed by atoms with van der Waals surface area (Å²) in [6.07, 6.45) is 2.13. The van der Waals surface area contributed by atoms with E-state index >= 15 is 0 Å². The highest BCUT2D eigenvalue weighted by Crippen LogP contribution is 2.25. The van der Waals surface area contributed by atoms with Crippen molar-refractivity contribution in [1.29, 1.82) is 0 Å². The standard InChI is InChI=1S/C15H23ClN2O2S/c1-11(2)18(10-14-5-4-8-17-14)21(19,20)15-9-13(16)7-6-12(15)3/h6-7,9,11,14,17H,4-5,8,10H2,1-3H3. The predicted molar refractivity (Wildman–Crippen MR) is 86.2 cm³/mol. The molecule has 1 aliphatic heterocycles. The molecule has 4 nitrogen and oxygen atoms in total. The lowest BCUT2D eigenvalue weighted by molar-refractivity contribution is 0.322. The summed E-state index contributed by atoms with van der Waals surface area (Å²) < 4.78 is 27.5. The highest BCUT2D eigenvalue weighted by molar-refractivity contribution is 7.89. The fourth-order valence-corrected chi connectivity index (χ4v) is 4.87. The molecule has 1 atom stereocenters. The summed E-state index contributed by atoms with van der Waals surface area (Å²) in [6, 6.07) is 5.16. The van der Waals surface area contributed by atoms with Gasteiger partial charge in [-0.25, -0.2) is 8.42 Å². The Morgan fingerprint density at radius 3 is 2.71 bits per heavy atom. The van der Waals surface area contributed by atoms with Gasteiger partial charge >= 0.3 is 0 Å². The molecule has 118 valence electrons. The zero-order chi connectivity index (χ0) is 15.6. The van der Waals surface area contributed by atoms with Crippen LogP contribution >= 0.6 is 11.6 Å². The molecular formula is C15H23ClN2O2S. The maximum absolute atomic E-state index is 13.0. The number of rotatable bonds is 5. The van der Waals surface area contributed by atoms with Gasteiger partial charge in [-0.3, -0.25) is 0 Å². The summed E-state index contributed by atoms with van der Waals surface area (Å²) in [7, 11) is -3.53. The summed E-state index contributed by atoms with van der Waals surface area (Å²) in [5, 5.41) is 3.81. The van der Waals surface area contributed by atoms with Crippen LogP contribution in [-0.2, 0) is 10.0 Å². The smallest absolute Gasteiger partial charge is 0.243 e. The van der Waals surface area contributed by atoms with E-state index < -0.39 is 10.0 Å². The lowest BCUT2D eigenvalue weighted by Crippen LogP contribution is -2.44. The first-order chi connectivity index (χ1) is 9.82. The van der Waals surface area contributed by atoms with Crippen LogP contribution in [0, 0.1) is 6.92 Å². The van der Waals surface area contributed by atoms with Crippen LogP contribution in [0.2, 0.25) is 5.02 Å². The normalized spacial score (nSPS) is 19.6. The largest absolute Gasteiger partial charge is 0.313 e. The number of hydrogen-bond donors (Lipinski definition) is 1. The predicted octanol–water partition coefficient (Wildman–Crippen LogP) is 2.80. The van der Waals surface area contributed by atoms with E-state index in [0.717, 1.165) is 24.9 Å². The van der Waals surface area contributed by atoms with Crippen molar-refractivity contribution in [2.75, 3.05) is 13.1 Å². The number of nitrogens with zero attached hydrogens (tertiary/aromatic N) is 1. The van der Waals surface area contributed by atoms with Crippen molar-refractivity contribution in [3.05, 3.63) is 28.8 Å². The summed E-state index contributed by atoms with van der Waals surface area (Å²) in [4.78, 5) is 0.307. The van der Waals surface area contributed by atoms with Gasteiger partial charge in [0.25, 0.3) is 0 Å². The fourth-order valence-electron chi connectivity index (χ4n) is 2.69. The van der Waals surface area contributed by atoms with Gasteiger partial charge in [0.15, 0.2) is 0 Å². The Kier molecular flexibility index (Phi) is 5.30. The Morgan fingerprint density at radius 1 is 1.43 bits per heavy atom. The number of aryl methyl sites for hydroxylation is 1. The van der Waals surface area contributed by atoms with Crippen molar-refractivity contribution in [2.24, 2.45) is 0 Å². The van der Waals surface area contributed by atoms with Crippen LogP contribution < -0.4 is 5.32 Å². The zero-order valence-corrected chi connectivity index (χ0v) is 14.3. The Bertz CT molecular complexity index is 596. The van der Waals surface area contributed by atoms with E-state index in [1.54, 1.807) is 29.4 Å². The van der Waals surface area contributed by atoms with E-state index in [-0.39, 0.29) is 12.1 Å². The maximum atomic E-state index is 13.0. The van der Waals surface area contributed by atoms with Crippen molar-refractivity contribution in [3.8, 4) is 0 Å². The van der Waals surface area contributed by atoms with Gasteiger partial charge in [-0.05, 0) is 57.9 Å². The Morgan fingerprint density at radius 2 is 2.14 bits per heavy atom. The number of benzene rings is 1. The lowest BCUT2D eigenvalue weighted by Gasteiger charge is -2.29. The van der Waals surface area contributed by atoms with Crippen LogP contribution in [0.4, 0.5) is 0 Å². The first-order valence-electron chi connectivity index (χ1n) is 7.33. The van der Waals surface area contributed by atoms with Crippen molar-refractivity contribution in [1.82, 2.24) is 9.62 Å². The molecule has 0 saturated carbocycles. The third-order valence-electron chi connectivity index (χ3n) is 3.88. The van der Waals surface area contributed by atoms with Gasteiger partial charge in [0.1, 0.15) is 0 Å². The summed E-state index contributed by atoms with van der Waals surface area (Å²) in [5.41, 5.74) is 0.726. The third kappa shape index (κ3) is 3.77. The van der Waals surface area contributed by atoms with Gasteiger partial charge in [0, 0.05) is 23.7 Å². The lowest BCUT2D eigenvalue weighted by atomic mass is 10.2. The summed E-state index contributed by atoms with van der Waals surface area (Å²) in [6.45, 7) is 7.09. The SMILES string of the molecule is Cc1ccc(Cl)cc1S(=O)(=O)N(CC1CCCN1)C(C)C. The number of hydrogen-bond acceptors (Lipinski definition) is 3. The van der Waals surface area contributed by atoms with Gasteiger partial charge in [-0.2, -0.15) is 4.31 Å². The Balaban J connectivity index is 2.34. The monoisotopic (exact) mass is 330 g/mol. The maximum Gasteiger partial charge on any atom is 0.243 e. The minimum absolute atomic E-state index is 0.0872. The van der Waals surface area contributed by atoms with Crippen LogP contribution in [-0.4, -0.2) is 37.9 Å². The topological polar surface area (TPSA) is 49.4 Å². The summed E-state index contributed by atoms with van der Waals surface area (Å²) in [5.74, 6) is 0. The van der Waals surface area contributed by atoms with Crippen molar-refractivity contribution in [2.45, 2.75) is 50.6 Å². The number of sulfonamides is 1. The van der Waals surface area contributed by atoms with E-state index in [0.29, 0.717) is 16.5 Å². The van der Waals surface area contributed by atoms with Gasteiger partial charge in [0.2, 0.25) is 10.0 Å². The minimum Gasteiger partial charge on any atom is -0.313 e. The molecule has 0 spiro atoms. The molecule has 1 aromatic carbocycles. The Labute approximate surface area is 132 Å². The highest BCUT2D eigenvalue weighted by Gasteiger charge is 2.31. The molecule has 0 amide bonds. The van der Waals surface area contributed by atoms with E-state index in [2.05, 4.69) is 5.32 Å². The van der Waals surface area contributed by atoms with Gasteiger partial charge in [-0.1, -0.05) is 17.7 Å². The van der Waals surface area contributed by atoms with Gasteiger partial charge in [0.05, 0.1) is 4.90 Å². The Hall–Kier alpha value is -0.620. The van der Waals surface area contributed by atoms with E-state index in [1.165, 1.54) is 0 Å². The average molecular weight is 331 g/mol. The zero-order valence-electron chi connectivity index (χ0n) is 12.8. The molecule has 1 fully saturated rings. The second kappa shape index (κ2) is 6.65. The van der Waals surface area contributed by atoms with Crippen molar-refractivity contribution < 1.29 is 8.42 Å². The van der Waals surface area contributed by atoms with Crippen molar-refractivity contribution >= 4 is 21.6 Å². The second-order valence-electron chi connectivity index (χ2n) is 5.87. The van der Waals surface area contributed by atoms with E-state index in [4.69, 9.17) is 11.6 Å². The molecule has 0 aliphatic carbocycles. The first-order valence-corrected chi connectivity index (χ1v) is 9.15. The number of halogens is 1. The fraction of sp³-hybridized carbons (Fsp3) is 0.600. The molecule has 21 heavy (non-hydrogen) atoms. The molecule has 1 aromatic rings. The van der Waals surface area contributed by atoms with Crippen LogP contribution in [0.5, 0.6) is 0 Å². The average Bonchev–Trinajstić information content (AvgIpc) is 2.91. The van der Waals surface area contributed by atoms with Crippen LogP contribution in [0.3, 0.4) is 0 Å². The van der Waals surface area contributed by atoms with Crippen LogP contribution in [0.15, 0.2) is 23.1 Å². The van der Waals surface area contributed by atoms with Crippen molar-refractivity contribution in [3.63, 3.8) is 0 Å². The van der Waals surface area contributed by atoms with Gasteiger partial charge in [-0.15, -0.1) is 0 Å². The molecule has 0 aromatic heterocycles. The highest BCUT2D eigenvalue weighted by atomic mass is 35.5. The van der Waals surface area contributed by atoms with Gasteiger partial charge < -0.3 is 5.32 Å². The number of nitrogens with one attached hydrogen (secondary N) is 1. The second-order valence-corrected chi connectivity index (χ2v) is 8.17. The van der Waals surface area contributed by atoms with Crippen LogP contribution in [0.25, 0.3) is 0 Å². The minimum atomic E-state index is -3.53. The molecule has 1 aliphatic rings. The molecule has 0 bridgehead atoms. The van der Waals surface area contributed by atoms with E-state index in [1.807, 2.05) is 13.8 Å². The molecule has 1 saturated heterocycles. The molecule has 1 N–H and O–H groups in total. The van der Waals surface area contributed by atoms with Crippen LogP contribution in [0.1, 0.15) is 32.3 Å². The molecular weight excluding hydrogens is 308 g/mol. The van der Waals surface area contributed by atoms with E-state index in [9.17, 15) is 8.42 Å².